The lowest BCUT2D eigenvalue weighted by atomic mass is 10.6. The van der Waals surface area contributed by atoms with E-state index in [0.717, 1.165) is 0 Å². The van der Waals surface area contributed by atoms with Crippen LogP contribution in [-0.4, -0.2) is 37.6 Å². The minimum absolute atomic E-state index is 0.0631. The minimum Gasteiger partial charge on any atom is -0.355 e. The average Bonchev–Trinajstić information content (AvgIpc) is 2.69. The molecule has 0 aliphatic carbocycles. The van der Waals surface area contributed by atoms with Gasteiger partial charge in [-0.1, -0.05) is 0 Å². The zero-order valence-corrected chi connectivity index (χ0v) is 8.97. The quantitative estimate of drug-likeness (QED) is 0.594. The number of amides is 1. The normalized spacial score (nSPS) is 11.3. The van der Waals surface area contributed by atoms with Gasteiger partial charge in [-0.3, -0.25) is 9.89 Å². The molecule has 0 aliphatic heterocycles. The maximum absolute atomic E-state index is 11.4. The molecule has 1 amide bonds. The molecular weight excluding hydrogens is 220 g/mol. The summed E-state index contributed by atoms with van der Waals surface area (Å²) in [6.07, 6.45) is 1.32. The number of nitrogens with one attached hydrogen (secondary N) is 3. The van der Waals surface area contributed by atoms with Crippen molar-refractivity contribution in [3.8, 4) is 0 Å². The summed E-state index contributed by atoms with van der Waals surface area (Å²) in [5.74, 6) is -0.374. The van der Waals surface area contributed by atoms with Crippen molar-refractivity contribution in [3.05, 3.63) is 12.3 Å². The highest BCUT2D eigenvalue weighted by atomic mass is 32.2. The van der Waals surface area contributed by atoms with E-state index in [1.807, 2.05) is 0 Å². The highest BCUT2D eigenvalue weighted by Gasteiger charge is 2.15. The number of aromatic amines is 1. The third-order valence-electron chi connectivity index (χ3n) is 1.56. The maximum atomic E-state index is 11.4. The first-order valence-corrected chi connectivity index (χ1v) is 5.80. The Balaban J connectivity index is 2.55. The van der Waals surface area contributed by atoms with Crippen LogP contribution in [0.4, 0.5) is 0 Å². The summed E-state index contributed by atoms with van der Waals surface area (Å²) >= 11 is 0. The molecule has 0 fully saturated rings. The number of likely N-dealkylation sites (N-methyl/N-ethyl adjacent to an activating group) is 1. The number of carbonyl (C=O) groups excluding carboxylic acids is 1. The van der Waals surface area contributed by atoms with Crippen molar-refractivity contribution in [2.75, 3.05) is 13.1 Å². The average molecular weight is 232 g/mol. The van der Waals surface area contributed by atoms with Crippen LogP contribution < -0.4 is 10.0 Å². The first-order chi connectivity index (χ1) is 7.06. The molecule has 0 radical (unpaired) electrons. The minimum atomic E-state index is -3.66. The lowest BCUT2D eigenvalue weighted by Gasteiger charge is -2.04. The summed E-state index contributed by atoms with van der Waals surface area (Å²) in [5.41, 5.74) is 0. The molecule has 1 aromatic heterocycles. The SMILES string of the molecule is CCNC(=O)CNS(=O)(=O)c1ccn[nH]1. The molecule has 0 unspecified atom stereocenters. The molecule has 15 heavy (non-hydrogen) atoms. The molecule has 1 rings (SSSR count). The second kappa shape index (κ2) is 4.89. The van der Waals surface area contributed by atoms with Gasteiger partial charge in [0.2, 0.25) is 5.91 Å². The molecule has 0 aromatic carbocycles. The number of carbonyl (C=O) groups is 1. The lowest BCUT2D eigenvalue weighted by Crippen LogP contribution is -2.36. The van der Waals surface area contributed by atoms with Gasteiger partial charge in [-0.15, -0.1) is 0 Å². The molecule has 1 aromatic rings. The van der Waals surface area contributed by atoms with Crippen LogP contribution in [0.25, 0.3) is 0 Å². The van der Waals surface area contributed by atoms with E-state index >= 15 is 0 Å². The van der Waals surface area contributed by atoms with Crippen molar-refractivity contribution in [1.82, 2.24) is 20.2 Å². The monoisotopic (exact) mass is 232 g/mol. The van der Waals surface area contributed by atoms with Crippen LogP contribution in [0.15, 0.2) is 17.3 Å². The second-order valence-corrected chi connectivity index (χ2v) is 4.43. The van der Waals surface area contributed by atoms with Gasteiger partial charge in [0.1, 0.15) is 0 Å². The van der Waals surface area contributed by atoms with Crippen molar-refractivity contribution in [1.29, 1.82) is 0 Å². The standard InChI is InChI=1S/C7H12N4O3S/c1-2-8-6(12)5-10-15(13,14)7-3-4-9-11-7/h3-4,10H,2,5H2,1H3,(H,8,12)(H,9,11). The van der Waals surface area contributed by atoms with Gasteiger partial charge in [0, 0.05) is 6.54 Å². The molecule has 84 valence electrons. The van der Waals surface area contributed by atoms with Crippen LogP contribution in [0.3, 0.4) is 0 Å². The Morgan fingerprint density at radius 1 is 1.60 bits per heavy atom. The summed E-state index contributed by atoms with van der Waals surface area (Å²) < 4.78 is 25.0. The summed E-state index contributed by atoms with van der Waals surface area (Å²) in [6.45, 7) is 1.93. The van der Waals surface area contributed by atoms with E-state index in [1.165, 1.54) is 12.3 Å². The number of aromatic nitrogens is 2. The van der Waals surface area contributed by atoms with Crippen molar-refractivity contribution < 1.29 is 13.2 Å². The number of H-pyrrole nitrogens is 1. The van der Waals surface area contributed by atoms with Gasteiger partial charge < -0.3 is 5.32 Å². The smallest absolute Gasteiger partial charge is 0.257 e. The highest BCUT2D eigenvalue weighted by molar-refractivity contribution is 7.89. The van der Waals surface area contributed by atoms with E-state index < -0.39 is 10.0 Å². The van der Waals surface area contributed by atoms with Crippen LogP contribution >= 0.6 is 0 Å². The van der Waals surface area contributed by atoms with Crippen LogP contribution in [0.2, 0.25) is 0 Å². The molecule has 0 aliphatic rings. The summed E-state index contributed by atoms with van der Waals surface area (Å²) in [7, 11) is -3.66. The number of nitrogens with zero attached hydrogens (tertiary/aromatic N) is 1. The van der Waals surface area contributed by atoms with Gasteiger partial charge in [0.15, 0.2) is 5.03 Å². The number of sulfonamides is 1. The van der Waals surface area contributed by atoms with Crippen molar-refractivity contribution >= 4 is 15.9 Å². The topological polar surface area (TPSA) is 104 Å². The largest absolute Gasteiger partial charge is 0.355 e. The fourth-order valence-corrected chi connectivity index (χ4v) is 1.78. The van der Waals surface area contributed by atoms with Gasteiger partial charge in [0.25, 0.3) is 10.0 Å². The van der Waals surface area contributed by atoms with Gasteiger partial charge in [-0.25, -0.2) is 13.1 Å². The van der Waals surface area contributed by atoms with E-state index in [2.05, 4.69) is 20.2 Å². The van der Waals surface area contributed by atoms with Crippen molar-refractivity contribution in [3.63, 3.8) is 0 Å². The fourth-order valence-electron chi connectivity index (χ4n) is 0.891. The Labute approximate surface area is 87.3 Å². The molecule has 0 saturated heterocycles. The van der Waals surface area contributed by atoms with E-state index in [9.17, 15) is 13.2 Å². The predicted molar refractivity (Wildman–Crippen MR) is 52.5 cm³/mol. The van der Waals surface area contributed by atoms with E-state index in [1.54, 1.807) is 6.92 Å². The van der Waals surface area contributed by atoms with Gasteiger partial charge in [-0.05, 0) is 13.0 Å². The van der Waals surface area contributed by atoms with Gasteiger partial charge >= 0.3 is 0 Å². The van der Waals surface area contributed by atoms with Crippen LogP contribution in [0.5, 0.6) is 0 Å². The van der Waals surface area contributed by atoms with Crippen molar-refractivity contribution in [2.24, 2.45) is 0 Å². The molecule has 7 nitrogen and oxygen atoms in total. The van der Waals surface area contributed by atoms with Crippen LogP contribution in [0, 0.1) is 0 Å². The Morgan fingerprint density at radius 2 is 2.33 bits per heavy atom. The van der Waals surface area contributed by atoms with Crippen molar-refractivity contribution in [2.45, 2.75) is 11.9 Å². The van der Waals surface area contributed by atoms with E-state index in [-0.39, 0.29) is 17.5 Å². The third-order valence-corrected chi connectivity index (χ3v) is 2.89. The molecule has 3 N–H and O–H groups in total. The molecular formula is C7H12N4O3S. The Hall–Kier alpha value is -1.41. The van der Waals surface area contributed by atoms with E-state index in [4.69, 9.17) is 0 Å². The first-order valence-electron chi connectivity index (χ1n) is 4.32. The fraction of sp³-hybridized carbons (Fsp3) is 0.429. The summed E-state index contributed by atoms with van der Waals surface area (Å²) in [6, 6.07) is 1.31. The summed E-state index contributed by atoms with van der Waals surface area (Å²) in [5, 5.41) is 8.22. The molecule has 0 bridgehead atoms. The highest BCUT2D eigenvalue weighted by Crippen LogP contribution is 2.00. The van der Waals surface area contributed by atoms with Gasteiger partial charge in [-0.2, -0.15) is 5.10 Å². The molecule has 8 heteroatoms. The molecule has 1 heterocycles. The van der Waals surface area contributed by atoms with Crippen LogP contribution in [0.1, 0.15) is 6.92 Å². The zero-order valence-electron chi connectivity index (χ0n) is 8.15. The van der Waals surface area contributed by atoms with Crippen LogP contribution in [-0.2, 0) is 14.8 Å². The molecule has 0 saturated carbocycles. The second-order valence-electron chi connectivity index (χ2n) is 2.70. The predicted octanol–water partition coefficient (Wildman–Crippen LogP) is -1.18. The Morgan fingerprint density at radius 3 is 2.87 bits per heavy atom. The number of rotatable bonds is 5. The first kappa shape index (κ1) is 11.7. The van der Waals surface area contributed by atoms with Gasteiger partial charge in [0.05, 0.1) is 12.7 Å². The van der Waals surface area contributed by atoms with E-state index in [0.29, 0.717) is 6.54 Å². The maximum Gasteiger partial charge on any atom is 0.257 e. The lowest BCUT2D eigenvalue weighted by molar-refractivity contribution is -0.119. The summed E-state index contributed by atoms with van der Waals surface area (Å²) in [4.78, 5) is 11.0. The number of hydrogen-bond acceptors (Lipinski definition) is 4. The Bertz CT molecular complexity index is 411. The Kier molecular flexibility index (Phi) is 3.81. The third kappa shape index (κ3) is 3.33. The molecule has 0 spiro atoms. The zero-order chi connectivity index (χ0) is 11.3. The number of hydrogen-bond donors (Lipinski definition) is 3. The molecule has 0 atom stereocenters.